The standard InChI is InChI=1S/4AsH3O4.3W/c4*2-1(3,4)5;;;/h4*(H3,2,3,4,5);;;/q;;;;3*+4/p-12. The van der Waals surface area contributed by atoms with Crippen LogP contribution < -0.4 is 49.1 Å². The molecule has 134 valence electrons. The largest absolute Gasteiger partial charge is 4.00 e. The topological polar surface area (TPSA) is 345 Å². The number of hydrogen-bond donors (Lipinski definition) is 0. The minimum absolute atomic E-state index is 0. The Labute approximate surface area is 183 Å². The predicted molar refractivity (Wildman–Crippen MR) is 25.8 cm³/mol. The Morgan fingerprint density at radius 3 is 0.304 bits per heavy atom. The van der Waals surface area contributed by atoms with Gasteiger partial charge in [0.15, 0.2) is 0 Å². The third-order valence-electron chi connectivity index (χ3n) is 0. The molecule has 0 aliphatic carbocycles. The zero-order valence-electron chi connectivity index (χ0n) is 9.55. The van der Waals surface area contributed by atoms with Crippen molar-refractivity contribution in [3.63, 3.8) is 0 Å². The zero-order chi connectivity index (χ0) is 18.0. The van der Waals surface area contributed by atoms with Gasteiger partial charge < -0.3 is 0 Å². The average Bonchev–Trinajstić information content (AvgIpc) is 1.62. The van der Waals surface area contributed by atoms with Gasteiger partial charge in [-0.1, -0.05) is 0 Å². The Morgan fingerprint density at radius 1 is 0.304 bits per heavy atom. The maximum absolute atomic E-state index is 8.61. The Morgan fingerprint density at radius 2 is 0.304 bits per heavy atom. The second-order valence-electron chi connectivity index (χ2n) is 1.79. The molecule has 0 fully saturated rings. The van der Waals surface area contributed by atoms with Crippen LogP contribution in [0.2, 0.25) is 0 Å². The van der Waals surface area contributed by atoms with Crippen LogP contribution in [0.5, 0.6) is 0 Å². The quantitative estimate of drug-likeness (QED) is 0.203. The fourth-order valence-corrected chi connectivity index (χ4v) is 0. The van der Waals surface area contributed by atoms with Crippen LogP contribution in [-0.4, -0.2) is 58.1 Å². The van der Waals surface area contributed by atoms with Gasteiger partial charge in [0.1, 0.15) is 0 Å². The van der Waals surface area contributed by atoms with Crippen LogP contribution >= 0.6 is 0 Å². The van der Waals surface area contributed by atoms with Crippen LogP contribution in [0, 0.1) is 0 Å². The molecule has 0 aliphatic heterocycles. The zero-order valence-corrected chi connectivity index (χ0v) is 25.9. The monoisotopic (exact) mass is 1110 g/mol. The van der Waals surface area contributed by atoms with Crippen LogP contribution in [0.3, 0.4) is 0 Å². The van der Waals surface area contributed by atoms with Crippen LogP contribution in [0.25, 0.3) is 0 Å². The van der Waals surface area contributed by atoms with Gasteiger partial charge in [-0.05, 0) is 0 Å². The average molecular weight is 1110 g/mol. The fraction of sp³-hybridized carbons (Fsp3) is 0. The van der Waals surface area contributed by atoms with Crippen LogP contribution in [-0.2, 0) is 78.2 Å². The van der Waals surface area contributed by atoms with Crippen LogP contribution in [0.4, 0.5) is 0 Å². The van der Waals surface area contributed by atoms with E-state index in [9.17, 15) is 0 Å². The minimum Gasteiger partial charge on any atom is 4.00 e. The van der Waals surface area contributed by atoms with Gasteiger partial charge in [-0.25, -0.2) is 0 Å². The van der Waals surface area contributed by atoms with Crippen molar-refractivity contribution in [1.82, 2.24) is 0 Å². The van der Waals surface area contributed by atoms with E-state index in [2.05, 4.69) is 0 Å². The minimum atomic E-state index is -5.88. The number of rotatable bonds is 0. The second-order valence-corrected chi connectivity index (χ2v) is 9.30. The Balaban J connectivity index is -0.0000000284. The van der Waals surface area contributed by atoms with Gasteiger partial charge in [0.05, 0.1) is 0 Å². The molecule has 0 radical (unpaired) electrons. The summed E-state index contributed by atoms with van der Waals surface area (Å²) in [6.07, 6.45) is 0. The molecule has 0 saturated carbocycles. The molecule has 0 rings (SSSR count). The van der Waals surface area contributed by atoms with E-state index in [1.165, 1.54) is 0 Å². The van der Waals surface area contributed by atoms with E-state index in [1.54, 1.807) is 0 Å². The van der Waals surface area contributed by atoms with Crippen molar-refractivity contribution in [2.24, 2.45) is 0 Å². The summed E-state index contributed by atoms with van der Waals surface area (Å²) >= 11 is -23.5. The van der Waals surface area contributed by atoms with E-state index in [-0.39, 0.29) is 63.2 Å². The Kier molecular flexibility index (Phi) is 38.7. The smallest absolute Gasteiger partial charge is 4.00 e. The van der Waals surface area contributed by atoms with Crippen molar-refractivity contribution in [2.75, 3.05) is 0 Å². The van der Waals surface area contributed by atoms with Gasteiger partial charge in [-0.3, -0.25) is 0 Å². The van der Waals surface area contributed by atoms with Crippen molar-refractivity contribution < 1.29 is 127 Å². The molecule has 23 heavy (non-hydrogen) atoms. The molecule has 0 saturated heterocycles. The third-order valence-corrected chi connectivity index (χ3v) is 0. The van der Waals surface area contributed by atoms with E-state index in [0.717, 1.165) is 0 Å². The molecular weight excluding hydrogens is 1110 g/mol. The SMILES string of the molecule is O=[As]([O-])([O-])[O-].O=[As]([O-])([O-])[O-].O=[As]([O-])([O-])[O-].O=[As]([O-])([O-])[O-].[W+4].[W+4].[W+4]. The molecular formula is As4O16W3. The van der Waals surface area contributed by atoms with E-state index >= 15 is 0 Å². The molecule has 0 aromatic rings. The summed E-state index contributed by atoms with van der Waals surface area (Å²) < 4.78 is 138. The fourth-order valence-electron chi connectivity index (χ4n) is 0. The Hall–Kier alpha value is 3.02. The maximum atomic E-state index is 8.61. The molecule has 0 aliphatic rings. The van der Waals surface area contributed by atoms with Gasteiger partial charge in [-0.15, -0.1) is 0 Å². The summed E-state index contributed by atoms with van der Waals surface area (Å²) in [4.78, 5) is 0. The molecule has 0 unspecified atom stereocenters. The van der Waals surface area contributed by atoms with Gasteiger partial charge in [0, 0.05) is 0 Å². The van der Waals surface area contributed by atoms with Crippen molar-refractivity contribution in [3.05, 3.63) is 0 Å². The Bertz CT molecular complexity index is 292. The third kappa shape index (κ3) is 1450. The van der Waals surface area contributed by atoms with Gasteiger partial charge in [0.25, 0.3) is 0 Å². The van der Waals surface area contributed by atoms with Crippen LogP contribution in [0.1, 0.15) is 0 Å². The molecule has 0 N–H and O–H groups in total. The first-order chi connectivity index (χ1) is 8.00. The first-order valence-electron chi connectivity index (χ1n) is 2.92. The molecule has 0 bridgehead atoms. The van der Waals surface area contributed by atoms with E-state index < -0.39 is 58.1 Å². The van der Waals surface area contributed by atoms with E-state index in [4.69, 9.17) is 64.1 Å². The molecule has 0 heterocycles. The summed E-state index contributed by atoms with van der Waals surface area (Å²) in [6.45, 7) is 0. The van der Waals surface area contributed by atoms with E-state index in [1.807, 2.05) is 0 Å². The molecule has 0 aromatic heterocycles. The molecule has 0 atom stereocenters. The summed E-state index contributed by atoms with van der Waals surface area (Å²) in [5, 5.41) is 0. The summed E-state index contributed by atoms with van der Waals surface area (Å²) in [5.41, 5.74) is 0. The predicted octanol–water partition coefficient (Wildman–Crippen LogP) is -16.3. The van der Waals surface area contributed by atoms with Crippen molar-refractivity contribution >= 4 is 58.1 Å². The van der Waals surface area contributed by atoms with Gasteiger partial charge in [-0.2, -0.15) is 0 Å². The maximum Gasteiger partial charge on any atom is 4.00 e. The van der Waals surface area contributed by atoms with Crippen molar-refractivity contribution in [2.45, 2.75) is 0 Å². The van der Waals surface area contributed by atoms with Crippen molar-refractivity contribution in [3.8, 4) is 0 Å². The normalized spacial score (nSPS) is 10.3. The van der Waals surface area contributed by atoms with Gasteiger partial charge in [0.2, 0.25) is 0 Å². The second kappa shape index (κ2) is 19.8. The number of hydrogen-bond acceptors (Lipinski definition) is 16. The first-order valence-corrected chi connectivity index (χ1v) is 15.2. The van der Waals surface area contributed by atoms with E-state index in [0.29, 0.717) is 0 Å². The van der Waals surface area contributed by atoms with Crippen LogP contribution in [0.15, 0.2) is 0 Å². The molecule has 0 aromatic carbocycles. The molecule has 0 spiro atoms. The first kappa shape index (κ1) is 45.0. The van der Waals surface area contributed by atoms with Gasteiger partial charge >= 0.3 is 185 Å². The summed E-state index contributed by atoms with van der Waals surface area (Å²) in [5.74, 6) is 0. The molecule has 0 amide bonds. The molecule has 23 heteroatoms. The molecule has 16 nitrogen and oxygen atoms in total. The van der Waals surface area contributed by atoms with Crippen molar-refractivity contribution in [1.29, 1.82) is 0 Å². The summed E-state index contributed by atoms with van der Waals surface area (Å²) in [6, 6.07) is 0. The summed E-state index contributed by atoms with van der Waals surface area (Å²) in [7, 11) is 0.